The minimum absolute atomic E-state index is 0. The van der Waals surface area contributed by atoms with Crippen molar-refractivity contribution in [1.29, 1.82) is 0 Å². The summed E-state index contributed by atoms with van der Waals surface area (Å²) in [4.78, 5) is 4.17. The summed E-state index contributed by atoms with van der Waals surface area (Å²) in [5, 5.41) is 2.98. The molecule has 0 aliphatic carbocycles. The third kappa shape index (κ3) is 9.88. The molecule has 0 aliphatic heterocycles. The largest absolute Gasteiger partial charge is 0.416 e. The van der Waals surface area contributed by atoms with Crippen LogP contribution in [0.15, 0.2) is 29.3 Å². The van der Waals surface area contributed by atoms with Crippen molar-refractivity contribution in [2.75, 3.05) is 26.3 Å². The quantitative estimate of drug-likeness (QED) is 0.245. The van der Waals surface area contributed by atoms with Gasteiger partial charge in [-0.25, -0.2) is 0 Å². The Hall–Kier alpha value is -1.03. The van der Waals surface area contributed by atoms with Crippen LogP contribution in [0.1, 0.15) is 43.7 Å². The number of rotatable bonds is 9. The van der Waals surface area contributed by atoms with E-state index in [0.717, 1.165) is 12.5 Å². The van der Waals surface area contributed by atoms with E-state index in [2.05, 4.69) is 10.3 Å². The number of alkyl halides is 3. The van der Waals surface area contributed by atoms with Gasteiger partial charge in [-0.15, -0.1) is 24.0 Å². The molecule has 25 heavy (non-hydrogen) atoms. The number of halogens is 4. The number of nitrogens with one attached hydrogen (secondary N) is 1. The van der Waals surface area contributed by atoms with Crippen molar-refractivity contribution in [3.05, 3.63) is 35.4 Å². The zero-order valence-corrected chi connectivity index (χ0v) is 16.9. The highest BCUT2D eigenvalue weighted by atomic mass is 127. The number of ether oxygens (including phenoxy) is 1. The molecular formula is C17H27F3IN3O. The molecule has 1 unspecified atom stereocenters. The maximum absolute atomic E-state index is 12.7. The Balaban J connectivity index is 0.00000576. The lowest BCUT2D eigenvalue weighted by Gasteiger charge is -2.15. The zero-order chi connectivity index (χ0) is 18.0. The molecule has 3 N–H and O–H groups in total. The highest BCUT2D eigenvalue weighted by Crippen LogP contribution is 2.31. The molecule has 1 aromatic carbocycles. The van der Waals surface area contributed by atoms with Crippen LogP contribution >= 0.6 is 24.0 Å². The lowest BCUT2D eigenvalue weighted by molar-refractivity contribution is -0.137. The molecule has 4 nitrogen and oxygen atoms in total. The molecule has 0 amide bonds. The number of benzene rings is 1. The molecule has 0 spiro atoms. The second-order valence-electron chi connectivity index (χ2n) is 5.56. The fourth-order valence-corrected chi connectivity index (χ4v) is 2.17. The summed E-state index contributed by atoms with van der Waals surface area (Å²) in [5.41, 5.74) is 5.79. The Kier molecular flexibility index (Phi) is 11.8. The number of hydrogen-bond acceptors (Lipinski definition) is 2. The van der Waals surface area contributed by atoms with Crippen LogP contribution in [-0.2, 0) is 10.9 Å². The molecule has 0 bridgehead atoms. The van der Waals surface area contributed by atoms with Crippen LogP contribution < -0.4 is 11.1 Å². The lowest BCUT2D eigenvalue weighted by Crippen LogP contribution is -2.33. The van der Waals surface area contributed by atoms with Crippen molar-refractivity contribution in [1.82, 2.24) is 5.32 Å². The van der Waals surface area contributed by atoms with Gasteiger partial charge in [-0.05, 0) is 37.3 Å². The highest BCUT2D eigenvalue weighted by molar-refractivity contribution is 14.0. The number of aliphatic imine (C=N–C) groups is 1. The van der Waals surface area contributed by atoms with E-state index in [1.54, 1.807) is 6.07 Å². The first-order valence-electron chi connectivity index (χ1n) is 8.13. The first kappa shape index (κ1) is 24.0. The summed E-state index contributed by atoms with van der Waals surface area (Å²) in [5.74, 6) is 0.341. The Morgan fingerprint density at radius 3 is 2.72 bits per heavy atom. The molecule has 1 rings (SSSR count). The summed E-state index contributed by atoms with van der Waals surface area (Å²) in [6, 6.07) is 5.44. The maximum Gasteiger partial charge on any atom is 0.416 e. The molecule has 0 radical (unpaired) electrons. The number of nitrogens with zero attached hydrogens (tertiary/aromatic N) is 1. The molecule has 8 heteroatoms. The molecule has 1 atom stereocenters. The van der Waals surface area contributed by atoms with Crippen LogP contribution in [0.25, 0.3) is 0 Å². The zero-order valence-electron chi connectivity index (χ0n) is 14.6. The van der Waals surface area contributed by atoms with Crippen molar-refractivity contribution < 1.29 is 17.9 Å². The monoisotopic (exact) mass is 473 g/mol. The summed E-state index contributed by atoms with van der Waals surface area (Å²) in [6.07, 6.45) is -2.85. The molecule has 0 aromatic heterocycles. The molecule has 144 valence electrons. The van der Waals surface area contributed by atoms with E-state index in [1.165, 1.54) is 12.1 Å². The standard InChI is InChI=1S/C17H26F3N3O.HI/c1-3-24-11-5-9-22-16(21)23-10-8-13(2)14-6-4-7-15(12-14)17(18,19)20;/h4,6-7,12-13H,3,5,8-11H2,1-2H3,(H3,21,22,23);1H. The highest BCUT2D eigenvalue weighted by Gasteiger charge is 2.30. The van der Waals surface area contributed by atoms with Gasteiger partial charge in [-0.3, -0.25) is 4.99 Å². The second-order valence-corrected chi connectivity index (χ2v) is 5.56. The van der Waals surface area contributed by atoms with Gasteiger partial charge in [0.2, 0.25) is 0 Å². The van der Waals surface area contributed by atoms with Crippen molar-refractivity contribution >= 4 is 29.9 Å². The number of nitrogens with two attached hydrogens (primary N) is 1. The van der Waals surface area contributed by atoms with Crippen molar-refractivity contribution in [3.8, 4) is 0 Å². The Morgan fingerprint density at radius 1 is 1.36 bits per heavy atom. The van der Waals surface area contributed by atoms with Crippen molar-refractivity contribution in [2.24, 2.45) is 10.7 Å². The smallest absolute Gasteiger partial charge is 0.382 e. The van der Waals surface area contributed by atoms with Gasteiger partial charge in [0, 0.05) is 26.3 Å². The Bertz CT molecular complexity index is 524. The van der Waals surface area contributed by atoms with Crippen LogP contribution in [0.5, 0.6) is 0 Å². The Morgan fingerprint density at radius 2 is 2.08 bits per heavy atom. The third-order valence-corrected chi connectivity index (χ3v) is 3.60. The average molecular weight is 473 g/mol. The summed E-state index contributed by atoms with van der Waals surface area (Å²) in [6.45, 7) is 6.31. The number of guanidine groups is 1. The van der Waals surface area contributed by atoms with Crippen molar-refractivity contribution in [3.63, 3.8) is 0 Å². The maximum atomic E-state index is 12.7. The summed E-state index contributed by atoms with van der Waals surface area (Å²) in [7, 11) is 0. The Labute approximate surface area is 164 Å². The molecule has 0 saturated heterocycles. The van der Waals surface area contributed by atoms with Gasteiger partial charge in [-0.2, -0.15) is 13.2 Å². The molecule has 0 aliphatic rings. The van der Waals surface area contributed by atoms with Gasteiger partial charge in [0.15, 0.2) is 5.96 Å². The van der Waals surface area contributed by atoms with Crippen LogP contribution in [0.3, 0.4) is 0 Å². The molecular weight excluding hydrogens is 446 g/mol. The SMILES string of the molecule is CCOCCCN=C(N)NCCC(C)c1cccc(C(F)(F)F)c1.I. The summed E-state index contributed by atoms with van der Waals surface area (Å²) < 4.78 is 43.4. The lowest BCUT2D eigenvalue weighted by atomic mass is 9.96. The van der Waals surface area contributed by atoms with Gasteiger partial charge in [0.1, 0.15) is 0 Å². The second kappa shape index (κ2) is 12.3. The van der Waals surface area contributed by atoms with Crippen LogP contribution in [-0.4, -0.2) is 32.3 Å². The molecule has 0 heterocycles. The van der Waals surface area contributed by atoms with E-state index in [9.17, 15) is 13.2 Å². The van der Waals surface area contributed by atoms with E-state index < -0.39 is 11.7 Å². The first-order chi connectivity index (χ1) is 11.3. The third-order valence-electron chi connectivity index (χ3n) is 3.60. The van der Waals surface area contributed by atoms with Gasteiger partial charge in [0.05, 0.1) is 5.56 Å². The minimum atomic E-state index is -4.31. The summed E-state index contributed by atoms with van der Waals surface area (Å²) >= 11 is 0. The van der Waals surface area contributed by atoms with Gasteiger partial charge < -0.3 is 15.8 Å². The van der Waals surface area contributed by atoms with E-state index in [4.69, 9.17) is 10.5 Å². The van der Waals surface area contributed by atoms with E-state index >= 15 is 0 Å². The predicted octanol–water partition coefficient (Wildman–Crippen LogP) is 4.15. The van der Waals surface area contributed by atoms with Gasteiger partial charge in [-0.1, -0.05) is 25.1 Å². The molecule has 0 fully saturated rings. The topological polar surface area (TPSA) is 59.6 Å². The number of hydrogen-bond donors (Lipinski definition) is 2. The normalized spacial score (nSPS) is 13.2. The fourth-order valence-electron chi connectivity index (χ4n) is 2.17. The minimum Gasteiger partial charge on any atom is -0.382 e. The van der Waals surface area contributed by atoms with E-state index in [0.29, 0.717) is 44.2 Å². The average Bonchev–Trinajstić information content (AvgIpc) is 2.54. The predicted molar refractivity (Wildman–Crippen MR) is 105 cm³/mol. The molecule has 1 aromatic rings. The van der Waals surface area contributed by atoms with Gasteiger partial charge in [0.25, 0.3) is 0 Å². The molecule has 0 saturated carbocycles. The first-order valence-corrected chi connectivity index (χ1v) is 8.13. The van der Waals surface area contributed by atoms with Crippen LogP contribution in [0.2, 0.25) is 0 Å². The van der Waals surface area contributed by atoms with Crippen molar-refractivity contribution in [2.45, 2.75) is 38.8 Å². The van der Waals surface area contributed by atoms with E-state index in [-0.39, 0.29) is 29.9 Å². The van der Waals surface area contributed by atoms with Crippen LogP contribution in [0, 0.1) is 0 Å². The fraction of sp³-hybridized carbons (Fsp3) is 0.588. The van der Waals surface area contributed by atoms with E-state index in [1.807, 2.05) is 13.8 Å². The van der Waals surface area contributed by atoms with Gasteiger partial charge >= 0.3 is 6.18 Å². The van der Waals surface area contributed by atoms with Crippen LogP contribution in [0.4, 0.5) is 13.2 Å².